The molecule has 0 aromatic rings. The van der Waals surface area contributed by atoms with Gasteiger partial charge in [-0.3, -0.25) is 0 Å². The topological polar surface area (TPSA) is 130 Å². The van der Waals surface area contributed by atoms with Gasteiger partial charge < -0.3 is 5.11 Å². The van der Waals surface area contributed by atoms with Gasteiger partial charge in [-0.15, -0.1) is 0 Å². The number of aliphatic carboxylic acids is 1. The predicted octanol–water partition coefficient (Wildman–Crippen LogP) is 10.4. The SMILES string of the molecule is CCCCCCCCCCCCCCCCCS(=O)(=O)NC(C)(NS(=O)(=O)CCCCCCCCCCCCCCCCC)C(=O)O. The Balaban J connectivity index is 4.05. The highest BCUT2D eigenvalue weighted by Crippen LogP contribution is 2.16. The van der Waals surface area contributed by atoms with Crippen molar-refractivity contribution in [3.63, 3.8) is 0 Å². The van der Waals surface area contributed by atoms with Crippen molar-refractivity contribution in [3.8, 4) is 0 Å². The van der Waals surface area contributed by atoms with Crippen LogP contribution in [0, 0.1) is 0 Å². The van der Waals surface area contributed by atoms with Gasteiger partial charge in [-0.05, 0) is 19.8 Å². The zero-order chi connectivity index (χ0) is 35.1. The van der Waals surface area contributed by atoms with E-state index < -0.39 is 31.7 Å². The normalized spacial score (nSPS) is 12.6. The lowest BCUT2D eigenvalue weighted by Crippen LogP contribution is -2.63. The standard InChI is InChI=1S/C37H76N2O6S2/c1-4-6-8-10-12-14-16-18-20-22-24-26-28-30-32-34-46(42,43)38-37(3,36(40)41)39-47(44,45)35-33-31-29-27-25-23-21-19-17-15-13-11-9-7-5-2/h38-39H,4-35H2,1-3H3,(H,40,41). The number of carboxylic acid groups (broad SMARTS) is 1. The zero-order valence-electron chi connectivity index (χ0n) is 30.9. The van der Waals surface area contributed by atoms with E-state index in [1.54, 1.807) is 0 Å². The molecule has 10 heteroatoms. The second-order valence-corrected chi connectivity index (χ2v) is 17.9. The zero-order valence-corrected chi connectivity index (χ0v) is 32.6. The highest BCUT2D eigenvalue weighted by atomic mass is 32.2. The van der Waals surface area contributed by atoms with Crippen molar-refractivity contribution < 1.29 is 26.7 Å². The summed E-state index contributed by atoms with van der Waals surface area (Å²) in [6, 6.07) is 0. The van der Waals surface area contributed by atoms with Crippen molar-refractivity contribution in [1.82, 2.24) is 9.44 Å². The molecule has 282 valence electrons. The largest absolute Gasteiger partial charge is 0.479 e. The lowest BCUT2D eigenvalue weighted by Gasteiger charge is -2.27. The monoisotopic (exact) mass is 709 g/mol. The molecule has 0 aromatic heterocycles. The Morgan fingerprint density at radius 1 is 0.426 bits per heavy atom. The summed E-state index contributed by atoms with van der Waals surface area (Å²) in [4.78, 5) is 11.9. The first-order valence-corrected chi connectivity index (χ1v) is 23.0. The van der Waals surface area contributed by atoms with Crippen molar-refractivity contribution in [2.24, 2.45) is 0 Å². The van der Waals surface area contributed by atoms with Gasteiger partial charge in [0.1, 0.15) is 0 Å². The smallest absolute Gasteiger partial charge is 0.340 e. The van der Waals surface area contributed by atoms with E-state index in [0.717, 1.165) is 58.3 Å². The first-order chi connectivity index (χ1) is 22.5. The van der Waals surface area contributed by atoms with E-state index in [1.807, 2.05) is 0 Å². The van der Waals surface area contributed by atoms with Gasteiger partial charge in [-0.1, -0.05) is 194 Å². The van der Waals surface area contributed by atoms with Crippen LogP contribution in [0.3, 0.4) is 0 Å². The molecule has 0 bridgehead atoms. The number of hydrogen-bond acceptors (Lipinski definition) is 5. The van der Waals surface area contributed by atoms with Crippen molar-refractivity contribution in [3.05, 3.63) is 0 Å². The number of carbonyl (C=O) groups is 1. The summed E-state index contributed by atoms with van der Waals surface area (Å²) in [7, 11) is -7.97. The Kier molecular flexibility index (Phi) is 29.7. The summed E-state index contributed by atoms with van der Waals surface area (Å²) in [5.74, 6) is -2.03. The minimum atomic E-state index is -3.98. The Morgan fingerprint density at radius 2 is 0.617 bits per heavy atom. The van der Waals surface area contributed by atoms with Gasteiger partial charge in [-0.2, -0.15) is 9.44 Å². The fourth-order valence-corrected chi connectivity index (χ4v) is 9.12. The Bertz CT molecular complexity index is 874. The molecular weight excluding hydrogens is 633 g/mol. The number of nitrogens with one attached hydrogen (secondary N) is 2. The number of sulfonamides is 2. The average molecular weight is 709 g/mol. The molecule has 0 aliphatic heterocycles. The second-order valence-electron chi connectivity index (χ2n) is 14.2. The highest BCUT2D eigenvalue weighted by molar-refractivity contribution is 7.90. The molecule has 0 fully saturated rings. The fraction of sp³-hybridized carbons (Fsp3) is 0.973. The molecule has 0 rings (SSSR count). The predicted molar refractivity (Wildman–Crippen MR) is 200 cm³/mol. The van der Waals surface area contributed by atoms with Crippen LogP contribution in [-0.4, -0.2) is 45.1 Å². The molecule has 3 N–H and O–H groups in total. The molecule has 0 heterocycles. The summed E-state index contributed by atoms with van der Waals surface area (Å²) in [6.45, 7) is 5.55. The molecule has 0 atom stereocenters. The molecule has 0 saturated heterocycles. The van der Waals surface area contributed by atoms with Crippen LogP contribution in [0.15, 0.2) is 0 Å². The van der Waals surface area contributed by atoms with E-state index in [2.05, 4.69) is 23.3 Å². The van der Waals surface area contributed by atoms with E-state index in [9.17, 15) is 26.7 Å². The van der Waals surface area contributed by atoms with Crippen molar-refractivity contribution >= 4 is 26.0 Å². The maximum atomic E-state index is 12.7. The molecule has 0 unspecified atom stereocenters. The molecule has 47 heavy (non-hydrogen) atoms. The van der Waals surface area contributed by atoms with Crippen LogP contribution in [0.2, 0.25) is 0 Å². The molecule has 0 aromatic carbocycles. The lowest BCUT2D eigenvalue weighted by atomic mass is 10.0. The fourth-order valence-electron chi connectivity index (χ4n) is 6.16. The van der Waals surface area contributed by atoms with E-state index in [-0.39, 0.29) is 11.5 Å². The quantitative estimate of drug-likeness (QED) is 0.0435. The van der Waals surface area contributed by atoms with E-state index >= 15 is 0 Å². The average Bonchev–Trinajstić information content (AvgIpc) is 3.00. The maximum Gasteiger partial charge on any atom is 0.340 e. The molecule has 0 aliphatic rings. The van der Waals surface area contributed by atoms with Crippen LogP contribution in [0.4, 0.5) is 0 Å². The highest BCUT2D eigenvalue weighted by Gasteiger charge is 2.40. The third-order valence-electron chi connectivity index (χ3n) is 9.18. The van der Waals surface area contributed by atoms with Gasteiger partial charge in [0.25, 0.3) is 0 Å². The van der Waals surface area contributed by atoms with Crippen LogP contribution < -0.4 is 9.44 Å². The molecule has 0 aliphatic carbocycles. The second kappa shape index (κ2) is 30.1. The van der Waals surface area contributed by atoms with Crippen LogP contribution in [-0.2, 0) is 24.8 Å². The number of carboxylic acids is 1. The molecule has 0 spiro atoms. The van der Waals surface area contributed by atoms with Gasteiger partial charge in [0.15, 0.2) is 5.66 Å². The van der Waals surface area contributed by atoms with Crippen LogP contribution in [0.25, 0.3) is 0 Å². The summed E-state index contributed by atoms with van der Waals surface area (Å²) in [5.41, 5.74) is -2.32. The molecule has 0 amide bonds. The van der Waals surface area contributed by atoms with E-state index in [1.165, 1.54) is 128 Å². The van der Waals surface area contributed by atoms with Crippen molar-refractivity contribution in [2.75, 3.05) is 11.5 Å². The Labute approximate surface area is 291 Å². The molecule has 8 nitrogen and oxygen atoms in total. The minimum absolute atomic E-state index is 0.227. The summed E-state index contributed by atoms with van der Waals surface area (Å²) >= 11 is 0. The first-order valence-electron chi connectivity index (χ1n) is 19.7. The third kappa shape index (κ3) is 29.9. The third-order valence-corrected chi connectivity index (χ3v) is 12.3. The lowest BCUT2D eigenvalue weighted by molar-refractivity contribution is -0.143. The van der Waals surface area contributed by atoms with Crippen LogP contribution >= 0.6 is 0 Å². The number of unbranched alkanes of at least 4 members (excludes halogenated alkanes) is 28. The van der Waals surface area contributed by atoms with Crippen molar-refractivity contribution in [2.45, 2.75) is 219 Å². The van der Waals surface area contributed by atoms with Gasteiger partial charge in [-0.25, -0.2) is 21.6 Å². The summed E-state index contributed by atoms with van der Waals surface area (Å²) in [5, 5.41) is 9.71. The van der Waals surface area contributed by atoms with Gasteiger partial charge >= 0.3 is 5.97 Å². The molecule has 0 radical (unpaired) electrons. The summed E-state index contributed by atoms with van der Waals surface area (Å²) < 4.78 is 54.9. The maximum absolute atomic E-state index is 12.7. The van der Waals surface area contributed by atoms with E-state index in [4.69, 9.17) is 0 Å². The van der Waals surface area contributed by atoms with E-state index in [0.29, 0.717) is 12.8 Å². The van der Waals surface area contributed by atoms with Crippen LogP contribution in [0.5, 0.6) is 0 Å². The Hall–Kier alpha value is -0.710. The van der Waals surface area contributed by atoms with Gasteiger partial charge in [0.05, 0.1) is 11.5 Å². The summed E-state index contributed by atoms with van der Waals surface area (Å²) in [6.07, 6.45) is 35.0. The van der Waals surface area contributed by atoms with Crippen molar-refractivity contribution in [1.29, 1.82) is 0 Å². The van der Waals surface area contributed by atoms with Gasteiger partial charge in [0.2, 0.25) is 20.0 Å². The first kappa shape index (κ1) is 46.3. The number of rotatable bonds is 37. The minimum Gasteiger partial charge on any atom is -0.479 e. The number of hydrogen-bond donors (Lipinski definition) is 3. The molecular formula is C37H76N2O6S2. The molecule has 0 saturated carbocycles. The van der Waals surface area contributed by atoms with Gasteiger partial charge in [0, 0.05) is 0 Å². The van der Waals surface area contributed by atoms with Crippen LogP contribution in [0.1, 0.15) is 213 Å². The Morgan fingerprint density at radius 3 is 0.809 bits per heavy atom.